The van der Waals surface area contributed by atoms with Crippen molar-refractivity contribution in [2.45, 2.75) is 18.8 Å². The second-order valence-corrected chi connectivity index (χ2v) is 4.49. The third-order valence-electron chi connectivity index (χ3n) is 3.42. The lowest BCUT2D eigenvalue weighted by molar-refractivity contribution is -0.00461. The predicted molar refractivity (Wildman–Crippen MR) is 70.8 cm³/mol. The molecule has 1 fully saturated rings. The molecule has 0 radical (unpaired) electrons. The van der Waals surface area contributed by atoms with Crippen LogP contribution in [0.1, 0.15) is 5.56 Å². The van der Waals surface area contributed by atoms with Crippen molar-refractivity contribution in [3.05, 3.63) is 24.0 Å². The number of nitrogens with zero attached hydrogens (tertiary/aromatic N) is 2. The summed E-state index contributed by atoms with van der Waals surface area (Å²) in [6.07, 6.45) is 3.99. The summed E-state index contributed by atoms with van der Waals surface area (Å²) in [7, 11) is 5.42. The van der Waals surface area contributed by atoms with Gasteiger partial charge in [0.25, 0.3) is 0 Å². The van der Waals surface area contributed by atoms with E-state index >= 15 is 0 Å². The van der Waals surface area contributed by atoms with E-state index in [1.165, 1.54) is 5.56 Å². The van der Waals surface area contributed by atoms with Gasteiger partial charge in [0.1, 0.15) is 12.2 Å². The first kappa shape index (κ1) is 13.3. The number of hydrogen-bond acceptors (Lipinski definition) is 5. The fourth-order valence-corrected chi connectivity index (χ4v) is 2.43. The van der Waals surface area contributed by atoms with Crippen LogP contribution in [0.15, 0.2) is 18.5 Å². The number of anilines is 1. The number of methoxy groups -OCH3 is 2. The lowest BCUT2D eigenvalue weighted by atomic mass is 10.2. The first-order valence-corrected chi connectivity index (χ1v) is 6.18. The molecule has 0 saturated carbocycles. The molecule has 100 valence electrons. The van der Waals surface area contributed by atoms with Crippen molar-refractivity contribution >= 4 is 5.69 Å². The molecule has 5 heteroatoms. The zero-order valence-corrected chi connectivity index (χ0v) is 11.2. The van der Waals surface area contributed by atoms with Gasteiger partial charge in [0, 0.05) is 40.1 Å². The van der Waals surface area contributed by atoms with Crippen LogP contribution in [-0.2, 0) is 16.0 Å². The normalized spacial score (nSPS) is 23.6. The van der Waals surface area contributed by atoms with Crippen LogP contribution in [0.25, 0.3) is 0 Å². The minimum absolute atomic E-state index is 0.123. The molecule has 5 nitrogen and oxygen atoms in total. The second-order valence-electron chi connectivity index (χ2n) is 4.49. The average molecular weight is 251 g/mol. The molecule has 1 aromatic rings. The monoisotopic (exact) mass is 251 g/mol. The molecular formula is C13H21N3O2. The molecule has 18 heavy (non-hydrogen) atoms. The van der Waals surface area contributed by atoms with Gasteiger partial charge in [-0.2, -0.15) is 0 Å². The molecule has 1 aromatic heterocycles. The number of hydrogen-bond donors (Lipinski definition) is 1. The molecular weight excluding hydrogens is 230 g/mol. The predicted octanol–water partition coefficient (Wildman–Crippen LogP) is 0.651. The molecule has 1 N–H and O–H groups in total. The van der Waals surface area contributed by atoms with Gasteiger partial charge in [0.15, 0.2) is 0 Å². The summed E-state index contributed by atoms with van der Waals surface area (Å²) in [5.41, 5.74) is 2.41. The highest BCUT2D eigenvalue weighted by molar-refractivity contribution is 5.53. The molecule has 1 aliphatic rings. The summed E-state index contributed by atoms with van der Waals surface area (Å²) in [6.45, 7) is 2.53. The second kappa shape index (κ2) is 6.13. The Bertz CT molecular complexity index is 374. The Hall–Kier alpha value is -1.17. The van der Waals surface area contributed by atoms with E-state index in [2.05, 4.69) is 15.2 Å². The first-order chi connectivity index (χ1) is 8.80. The molecule has 2 heterocycles. The van der Waals surface area contributed by atoms with Crippen molar-refractivity contribution in [1.29, 1.82) is 0 Å². The summed E-state index contributed by atoms with van der Waals surface area (Å²) in [4.78, 5) is 6.50. The van der Waals surface area contributed by atoms with Crippen molar-refractivity contribution in [1.82, 2.24) is 10.3 Å². The standard InChI is InChI=1S/C13H21N3O2/c1-14-6-10-4-5-15-7-11(10)16-8-12(17-2)13(9-16)18-3/h4-5,7,12-14H,6,8-9H2,1-3H3. The van der Waals surface area contributed by atoms with Crippen LogP contribution in [0.4, 0.5) is 5.69 Å². The lowest BCUT2D eigenvalue weighted by Gasteiger charge is -2.21. The fourth-order valence-electron chi connectivity index (χ4n) is 2.43. The summed E-state index contributed by atoms with van der Waals surface area (Å²) < 4.78 is 10.9. The zero-order chi connectivity index (χ0) is 13.0. The minimum atomic E-state index is 0.123. The van der Waals surface area contributed by atoms with Crippen LogP contribution in [-0.4, -0.2) is 51.5 Å². The Morgan fingerprint density at radius 2 is 2.00 bits per heavy atom. The molecule has 0 amide bonds. The molecule has 0 aromatic carbocycles. The van der Waals surface area contributed by atoms with Gasteiger partial charge in [-0.15, -0.1) is 0 Å². The van der Waals surface area contributed by atoms with E-state index < -0.39 is 0 Å². The fraction of sp³-hybridized carbons (Fsp3) is 0.615. The van der Waals surface area contributed by atoms with Crippen molar-refractivity contribution in [3.63, 3.8) is 0 Å². The van der Waals surface area contributed by atoms with Crippen molar-refractivity contribution in [2.75, 3.05) is 39.3 Å². The summed E-state index contributed by atoms with van der Waals surface area (Å²) in [5, 5.41) is 3.18. The number of ether oxygens (including phenoxy) is 2. The summed E-state index contributed by atoms with van der Waals surface area (Å²) in [6, 6.07) is 2.05. The van der Waals surface area contributed by atoms with Gasteiger partial charge in [-0.05, 0) is 18.7 Å². The smallest absolute Gasteiger partial charge is 0.102 e. The molecule has 2 atom stereocenters. The van der Waals surface area contributed by atoms with E-state index in [1.54, 1.807) is 14.2 Å². The maximum Gasteiger partial charge on any atom is 0.102 e. The average Bonchev–Trinajstić information content (AvgIpc) is 2.83. The summed E-state index contributed by atoms with van der Waals surface area (Å²) in [5.74, 6) is 0. The topological polar surface area (TPSA) is 46.6 Å². The highest BCUT2D eigenvalue weighted by atomic mass is 16.5. The molecule has 0 bridgehead atoms. The number of aromatic nitrogens is 1. The maximum atomic E-state index is 5.46. The highest BCUT2D eigenvalue weighted by Gasteiger charge is 2.33. The van der Waals surface area contributed by atoms with Crippen molar-refractivity contribution < 1.29 is 9.47 Å². The van der Waals surface area contributed by atoms with Gasteiger partial charge in [0.05, 0.1) is 11.9 Å². The first-order valence-electron chi connectivity index (χ1n) is 6.18. The lowest BCUT2D eigenvalue weighted by Crippen LogP contribution is -2.27. The quantitative estimate of drug-likeness (QED) is 0.832. The number of pyridine rings is 1. The van der Waals surface area contributed by atoms with E-state index in [-0.39, 0.29) is 12.2 Å². The molecule has 0 aliphatic carbocycles. The Kier molecular flexibility index (Phi) is 4.52. The van der Waals surface area contributed by atoms with Gasteiger partial charge >= 0.3 is 0 Å². The molecule has 2 rings (SSSR count). The van der Waals surface area contributed by atoms with Gasteiger partial charge in [-0.1, -0.05) is 0 Å². The Morgan fingerprint density at radius 3 is 2.56 bits per heavy atom. The van der Waals surface area contributed by atoms with Gasteiger partial charge in [-0.25, -0.2) is 0 Å². The molecule has 1 aliphatic heterocycles. The summed E-state index contributed by atoms with van der Waals surface area (Å²) >= 11 is 0. The van der Waals surface area contributed by atoms with E-state index in [4.69, 9.17) is 9.47 Å². The van der Waals surface area contributed by atoms with E-state index in [1.807, 2.05) is 25.5 Å². The van der Waals surface area contributed by atoms with Crippen LogP contribution in [0.3, 0.4) is 0 Å². The van der Waals surface area contributed by atoms with Gasteiger partial charge < -0.3 is 19.7 Å². The number of nitrogens with one attached hydrogen (secondary N) is 1. The van der Waals surface area contributed by atoms with Crippen LogP contribution >= 0.6 is 0 Å². The zero-order valence-electron chi connectivity index (χ0n) is 11.2. The largest absolute Gasteiger partial charge is 0.377 e. The Balaban J connectivity index is 2.17. The minimum Gasteiger partial charge on any atom is -0.377 e. The highest BCUT2D eigenvalue weighted by Crippen LogP contribution is 2.25. The van der Waals surface area contributed by atoms with Crippen molar-refractivity contribution in [2.24, 2.45) is 0 Å². The Morgan fingerprint density at radius 1 is 1.33 bits per heavy atom. The van der Waals surface area contributed by atoms with E-state index in [0.29, 0.717) is 0 Å². The van der Waals surface area contributed by atoms with Crippen LogP contribution in [0.2, 0.25) is 0 Å². The van der Waals surface area contributed by atoms with Crippen LogP contribution in [0, 0.1) is 0 Å². The van der Waals surface area contributed by atoms with Crippen LogP contribution < -0.4 is 10.2 Å². The SMILES string of the molecule is CNCc1ccncc1N1CC(OC)C(OC)C1. The molecule has 0 spiro atoms. The molecule has 2 unspecified atom stereocenters. The maximum absolute atomic E-state index is 5.46. The third-order valence-corrected chi connectivity index (χ3v) is 3.42. The third kappa shape index (κ3) is 2.63. The van der Waals surface area contributed by atoms with E-state index in [0.717, 1.165) is 25.3 Å². The van der Waals surface area contributed by atoms with Crippen LogP contribution in [0.5, 0.6) is 0 Å². The van der Waals surface area contributed by atoms with E-state index in [9.17, 15) is 0 Å². The molecule has 1 saturated heterocycles. The van der Waals surface area contributed by atoms with Gasteiger partial charge in [-0.3, -0.25) is 4.98 Å². The van der Waals surface area contributed by atoms with Gasteiger partial charge in [0.2, 0.25) is 0 Å². The number of rotatable bonds is 5. The Labute approximate surface area is 108 Å². The van der Waals surface area contributed by atoms with Crippen molar-refractivity contribution in [3.8, 4) is 0 Å².